The first-order chi connectivity index (χ1) is 18.2. The molecule has 2 aromatic heterocycles. The molecule has 0 aliphatic carbocycles. The van der Waals surface area contributed by atoms with Gasteiger partial charge >= 0.3 is 0 Å². The van der Waals surface area contributed by atoms with Crippen molar-refractivity contribution in [2.24, 2.45) is 0 Å². The minimum absolute atomic E-state index is 0.00798. The van der Waals surface area contributed by atoms with Crippen LogP contribution in [0.5, 0.6) is 0 Å². The number of halogens is 1. The lowest BCUT2D eigenvalue weighted by Gasteiger charge is -2.11. The van der Waals surface area contributed by atoms with Gasteiger partial charge in [-0.1, -0.05) is 29.8 Å². The van der Waals surface area contributed by atoms with Gasteiger partial charge in [0, 0.05) is 23.3 Å². The highest BCUT2D eigenvalue weighted by Gasteiger charge is 2.17. The van der Waals surface area contributed by atoms with E-state index >= 15 is 0 Å². The number of anilines is 1. The molecule has 0 atom stereocenters. The Morgan fingerprint density at radius 1 is 1.03 bits per heavy atom. The molecule has 0 saturated carbocycles. The Bertz CT molecular complexity index is 1740. The lowest BCUT2D eigenvalue weighted by Crippen LogP contribution is -2.34. The summed E-state index contributed by atoms with van der Waals surface area (Å²) in [6.07, 6.45) is 0. The highest BCUT2D eigenvalue weighted by molar-refractivity contribution is 7.80. The van der Waals surface area contributed by atoms with E-state index < -0.39 is 10.8 Å². The highest BCUT2D eigenvalue weighted by atomic mass is 35.5. The Morgan fingerprint density at radius 3 is 2.63 bits per heavy atom. The maximum Gasteiger partial charge on any atom is 0.293 e. The van der Waals surface area contributed by atoms with Gasteiger partial charge in [-0.3, -0.25) is 20.2 Å². The van der Waals surface area contributed by atoms with Gasteiger partial charge in [0.2, 0.25) is 5.89 Å². The molecule has 11 heteroatoms. The summed E-state index contributed by atoms with van der Waals surface area (Å²) in [5.41, 5.74) is 5.04. The summed E-state index contributed by atoms with van der Waals surface area (Å²) in [4.78, 5) is 27.8. The molecule has 0 saturated heterocycles. The average Bonchev–Trinajstić information content (AvgIpc) is 3.53. The number of rotatable bonds is 5. The highest BCUT2D eigenvalue weighted by Crippen LogP contribution is 2.32. The smallest absolute Gasteiger partial charge is 0.293 e. The van der Waals surface area contributed by atoms with Gasteiger partial charge in [-0.25, -0.2) is 4.98 Å². The first-order valence-corrected chi connectivity index (χ1v) is 12.1. The van der Waals surface area contributed by atoms with Crippen LogP contribution in [0.15, 0.2) is 75.6 Å². The van der Waals surface area contributed by atoms with E-state index in [4.69, 9.17) is 32.7 Å². The van der Waals surface area contributed by atoms with E-state index in [1.54, 1.807) is 30.3 Å². The largest absolute Gasteiger partial charge is 0.451 e. The van der Waals surface area contributed by atoms with Crippen LogP contribution in [-0.2, 0) is 0 Å². The molecule has 190 valence electrons. The molecule has 0 fully saturated rings. The van der Waals surface area contributed by atoms with Gasteiger partial charge < -0.3 is 14.2 Å². The number of carbonyl (C=O) groups is 1. The van der Waals surface area contributed by atoms with E-state index in [1.807, 2.05) is 26.0 Å². The monoisotopic (exact) mass is 546 g/mol. The number of hydrogen-bond donors (Lipinski definition) is 2. The fourth-order valence-corrected chi connectivity index (χ4v) is 4.33. The fourth-order valence-electron chi connectivity index (χ4n) is 3.96. The van der Waals surface area contributed by atoms with Crippen LogP contribution in [0.25, 0.3) is 33.9 Å². The molecule has 1 amide bonds. The van der Waals surface area contributed by atoms with Crippen molar-refractivity contribution < 1.29 is 18.6 Å². The molecule has 2 N–H and O–H groups in total. The quantitative estimate of drug-likeness (QED) is 0.136. The second-order valence-corrected chi connectivity index (χ2v) is 9.34. The van der Waals surface area contributed by atoms with Crippen LogP contribution in [0.4, 0.5) is 11.4 Å². The number of thiocarbonyl (C=S) groups is 1. The number of aryl methyl sites for hydroxylation is 2. The molecular weight excluding hydrogens is 528 g/mol. The van der Waals surface area contributed by atoms with Gasteiger partial charge in [0.05, 0.1) is 15.6 Å². The number of nitrogens with one attached hydrogen (secondary N) is 2. The zero-order valence-corrected chi connectivity index (χ0v) is 21.6. The summed E-state index contributed by atoms with van der Waals surface area (Å²) in [5.74, 6) is 0.105. The molecule has 38 heavy (non-hydrogen) atoms. The van der Waals surface area contributed by atoms with Crippen molar-refractivity contribution in [3.05, 3.63) is 98.8 Å². The van der Waals surface area contributed by atoms with Crippen molar-refractivity contribution in [1.82, 2.24) is 10.3 Å². The van der Waals surface area contributed by atoms with Gasteiger partial charge in [-0.15, -0.1) is 0 Å². The van der Waals surface area contributed by atoms with Crippen LogP contribution in [-0.4, -0.2) is 20.9 Å². The Kier molecular flexibility index (Phi) is 6.66. The van der Waals surface area contributed by atoms with Crippen molar-refractivity contribution in [3.63, 3.8) is 0 Å². The van der Waals surface area contributed by atoms with Gasteiger partial charge in [-0.05, 0) is 73.6 Å². The summed E-state index contributed by atoms with van der Waals surface area (Å²) in [5, 5.41) is 16.9. The number of non-ortho nitro benzene ring substituents is 1. The van der Waals surface area contributed by atoms with E-state index in [0.29, 0.717) is 39.1 Å². The summed E-state index contributed by atoms with van der Waals surface area (Å²) < 4.78 is 11.6. The third-order valence-corrected chi connectivity index (χ3v) is 6.21. The molecule has 0 aliphatic rings. The number of nitrogens with zero attached hydrogens (tertiary/aromatic N) is 2. The van der Waals surface area contributed by atoms with Crippen molar-refractivity contribution in [2.75, 3.05) is 5.32 Å². The number of benzene rings is 3. The Labute approximate surface area is 226 Å². The normalized spacial score (nSPS) is 10.9. The van der Waals surface area contributed by atoms with Crippen LogP contribution in [0, 0.1) is 24.0 Å². The minimum Gasteiger partial charge on any atom is -0.451 e. The lowest BCUT2D eigenvalue weighted by atomic mass is 10.1. The van der Waals surface area contributed by atoms with Gasteiger partial charge in [0.25, 0.3) is 11.6 Å². The van der Waals surface area contributed by atoms with Crippen molar-refractivity contribution in [3.8, 4) is 22.8 Å². The SMILES string of the molecule is Cc1cc(C)c2oc(-c3ccc(Cl)c(NC(=S)NC(=O)c4ccc(-c5cccc([N+](=O)[O-])c5)o4)c3)nc2c1. The first kappa shape index (κ1) is 25.1. The van der Waals surface area contributed by atoms with Crippen LogP contribution in [0.3, 0.4) is 0 Å². The first-order valence-electron chi connectivity index (χ1n) is 11.3. The van der Waals surface area contributed by atoms with Crippen LogP contribution in [0.2, 0.25) is 5.02 Å². The Morgan fingerprint density at radius 2 is 1.84 bits per heavy atom. The number of hydrogen-bond acceptors (Lipinski definition) is 7. The van der Waals surface area contributed by atoms with E-state index in [-0.39, 0.29) is 16.6 Å². The minimum atomic E-state index is -0.601. The lowest BCUT2D eigenvalue weighted by molar-refractivity contribution is -0.384. The van der Waals surface area contributed by atoms with Gasteiger partial charge in [0.15, 0.2) is 16.5 Å². The molecule has 5 aromatic rings. The average molecular weight is 547 g/mol. The number of nitro groups is 1. The fraction of sp³-hybridized carbons (Fsp3) is 0.0741. The maximum atomic E-state index is 12.7. The number of nitro benzene ring substituents is 1. The third-order valence-electron chi connectivity index (χ3n) is 5.68. The standard InChI is InChI=1S/C27H19ClN4O5S/c1-14-10-15(2)24-21(11-14)29-26(37-24)17-6-7-19(28)20(13-17)30-27(38)31-25(33)23-9-8-22(36-23)16-4-3-5-18(12-16)32(34)35/h3-13H,1-2H3,(H2,30,31,33,38). The molecule has 2 heterocycles. The molecule has 0 bridgehead atoms. The number of fused-ring (bicyclic) bond motifs is 1. The Hall–Kier alpha value is -4.54. The molecule has 5 rings (SSSR count). The topological polar surface area (TPSA) is 123 Å². The van der Waals surface area contributed by atoms with E-state index in [0.717, 1.165) is 16.6 Å². The number of carbonyl (C=O) groups excluding carboxylic acids is 1. The second-order valence-electron chi connectivity index (χ2n) is 8.52. The number of oxazole rings is 1. The maximum absolute atomic E-state index is 12.7. The molecule has 3 aromatic carbocycles. The van der Waals surface area contributed by atoms with Crippen molar-refractivity contribution in [1.29, 1.82) is 0 Å². The van der Waals surface area contributed by atoms with E-state index in [1.165, 1.54) is 24.3 Å². The third kappa shape index (κ3) is 5.13. The molecule has 9 nitrogen and oxygen atoms in total. The number of furan rings is 1. The zero-order chi connectivity index (χ0) is 27.0. The molecular formula is C27H19ClN4O5S. The van der Waals surface area contributed by atoms with Crippen LogP contribution >= 0.6 is 23.8 Å². The number of aromatic nitrogens is 1. The molecule has 0 unspecified atom stereocenters. The summed E-state index contributed by atoms with van der Waals surface area (Å²) in [6, 6.07) is 18.1. The molecule has 0 aliphatic heterocycles. The van der Waals surface area contributed by atoms with E-state index in [2.05, 4.69) is 15.6 Å². The number of amides is 1. The predicted octanol–water partition coefficient (Wildman–Crippen LogP) is 7.06. The second kappa shape index (κ2) is 10.1. The summed E-state index contributed by atoms with van der Waals surface area (Å²) in [6.45, 7) is 3.96. The summed E-state index contributed by atoms with van der Waals surface area (Å²) in [7, 11) is 0. The van der Waals surface area contributed by atoms with Crippen LogP contribution in [0.1, 0.15) is 21.7 Å². The van der Waals surface area contributed by atoms with E-state index in [9.17, 15) is 14.9 Å². The van der Waals surface area contributed by atoms with Crippen molar-refractivity contribution in [2.45, 2.75) is 13.8 Å². The zero-order valence-electron chi connectivity index (χ0n) is 20.1. The van der Waals surface area contributed by atoms with Crippen LogP contribution < -0.4 is 10.6 Å². The molecule has 0 radical (unpaired) electrons. The van der Waals surface area contributed by atoms with Crippen molar-refractivity contribution >= 4 is 57.3 Å². The predicted molar refractivity (Wildman–Crippen MR) is 148 cm³/mol. The molecule has 0 spiro atoms. The van der Waals surface area contributed by atoms with Gasteiger partial charge in [0.1, 0.15) is 11.3 Å². The Balaban J connectivity index is 1.31. The summed E-state index contributed by atoms with van der Waals surface area (Å²) >= 11 is 11.7. The van der Waals surface area contributed by atoms with Gasteiger partial charge in [-0.2, -0.15) is 0 Å².